The first-order valence-corrected chi connectivity index (χ1v) is 9.19. The van der Waals surface area contributed by atoms with Crippen LogP contribution in [-0.2, 0) is 4.74 Å². The van der Waals surface area contributed by atoms with Gasteiger partial charge in [0.05, 0.1) is 17.4 Å². The minimum atomic E-state index is -0.0583. The first-order chi connectivity index (χ1) is 12.9. The van der Waals surface area contributed by atoms with Gasteiger partial charge in [-0.3, -0.25) is 0 Å². The zero-order valence-electron chi connectivity index (χ0n) is 14.5. The zero-order valence-corrected chi connectivity index (χ0v) is 14.5. The van der Waals surface area contributed by atoms with E-state index in [-0.39, 0.29) is 12.1 Å². The number of ether oxygens (including phenoxy) is 1. The van der Waals surface area contributed by atoms with Gasteiger partial charge in [0.2, 0.25) is 0 Å². The van der Waals surface area contributed by atoms with Gasteiger partial charge in [0.25, 0.3) is 0 Å². The standard InChI is InChI=1S/C20H21N5O/c1-2-4-15(5-3-1)25-17(8-12-22-25)19-16(10-13-26-19)23-18-9-11-21-20(24-18)14-6-7-14/h1-5,8-9,11-12,14,16,19H,6-7,10,13H2,(H,21,23,24)/t16-,19-/m1/s1. The van der Waals surface area contributed by atoms with E-state index in [0.717, 1.165) is 36.1 Å². The van der Waals surface area contributed by atoms with E-state index in [1.165, 1.54) is 12.8 Å². The van der Waals surface area contributed by atoms with Crippen LogP contribution >= 0.6 is 0 Å². The average Bonchev–Trinajstić information content (AvgIpc) is 3.25. The van der Waals surface area contributed by atoms with Crippen molar-refractivity contribution in [3.8, 4) is 5.69 Å². The molecule has 6 heteroatoms. The highest BCUT2D eigenvalue weighted by Crippen LogP contribution is 2.38. The van der Waals surface area contributed by atoms with Crippen molar-refractivity contribution in [1.29, 1.82) is 0 Å². The Balaban J connectivity index is 1.40. The quantitative estimate of drug-likeness (QED) is 0.765. The number of rotatable bonds is 5. The molecule has 2 atom stereocenters. The molecule has 3 aromatic rings. The third kappa shape index (κ3) is 2.97. The Hall–Kier alpha value is -2.73. The lowest BCUT2D eigenvalue weighted by Gasteiger charge is -2.21. The Morgan fingerprint density at radius 2 is 1.88 bits per heavy atom. The van der Waals surface area contributed by atoms with Gasteiger partial charge in [-0.05, 0) is 43.5 Å². The third-order valence-corrected chi connectivity index (χ3v) is 5.01. The fraction of sp³-hybridized carbons (Fsp3) is 0.350. The van der Waals surface area contributed by atoms with Gasteiger partial charge in [-0.1, -0.05) is 18.2 Å². The molecule has 0 bridgehead atoms. The predicted molar refractivity (Wildman–Crippen MR) is 98.3 cm³/mol. The van der Waals surface area contributed by atoms with Crippen LogP contribution in [0.1, 0.15) is 42.8 Å². The second-order valence-electron chi connectivity index (χ2n) is 6.91. The van der Waals surface area contributed by atoms with Crippen molar-refractivity contribution in [2.75, 3.05) is 11.9 Å². The molecule has 1 aromatic carbocycles. The van der Waals surface area contributed by atoms with Crippen molar-refractivity contribution in [2.24, 2.45) is 0 Å². The molecule has 0 radical (unpaired) electrons. The van der Waals surface area contributed by atoms with Crippen molar-refractivity contribution < 1.29 is 4.74 Å². The average molecular weight is 347 g/mol. The molecule has 1 aliphatic carbocycles. The van der Waals surface area contributed by atoms with Crippen LogP contribution in [0.25, 0.3) is 5.69 Å². The molecule has 3 heterocycles. The number of aromatic nitrogens is 4. The van der Waals surface area contributed by atoms with Crippen LogP contribution in [0.3, 0.4) is 0 Å². The van der Waals surface area contributed by atoms with Crippen molar-refractivity contribution in [3.05, 3.63) is 66.4 Å². The summed E-state index contributed by atoms with van der Waals surface area (Å²) in [5, 5.41) is 8.07. The number of nitrogens with zero attached hydrogens (tertiary/aromatic N) is 4. The molecule has 132 valence electrons. The number of para-hydroxylation sites is 1. The maximum atomic E-state index is 6.07. The predicted octanol–water partition coefficient (Wildman–Crippen LogP) is 3.48. The van der Waals surface area contributed by atoms with Gasteiger partial charge in [-0.2, -0.15) is 5.10 Å². The molecule has 2 aromatic heterocycles. The maximum Gasteiger partial charge on any atom is 0.133 e. The van der Waals surface area contributed by atoms with Gasteiger partial charge in [0, 0.05) is 24.9 Å². The van der Waals surface area contributed by atoms with E-state index in [4.69, 9.17) is 9.72 Å². The number of benzene rings is 1. The Bertz CT molecular complexity index is 890. The number of hydrogen-bond donors (Lipinski definition) is 1. The molecule has 1 aliphatic heterocycles. The second-order valence-corrected chi connectivity index (χ2v) is 6.91. The topological polar surface area (TPSA) is 64.9 Å². The summed E-state index contributed by atoms with van der Waals surface area (Å²) in [4.78, 5) is 9.10. The Kier molecular flexibility index (Phi) is 3.90. The third-order valence-electron chi connectivity index (χ3n) is 5.01. The number of nitrogens with one attached hydrogen (secondary N) is 1. The van der Waals surface area contributed by atoms with Gasteiger partial charge >= 0.3 is 0 Å². The lowest BCUT2D eigenvalue weighted by atomic mass is 10.1. The molecule has 5 rings (SSSR count). The monoisotopic (exact) mass is 347 g/mol. The van der Waals surface area contributed by atoms with Crippen molar-refractivity contribution >= 4 is 5.82 Å². The zero-order chi connectivity index (χ0) is 17.3. The van der Waals surface area contributed by atoms with Crippen molar-refractivity contribution in [1.82, 2.24) is 19.7 Å². The van der Waals surface area contributed by atoms with Gasteiger partial charge in [0.15, 0.2) is 0 Å². The molecule has 2 aliphatic rings. The Morgan fingerprint density at radius 3 is 2.73 bits per heavy atom. The lowest BCUT2D eigenvalue weighted by molar-refractivity contribution is 0.102. The first kappa shape index (κ1) is 15.5. The summed E-state index contributed by atoms with van der Waals surface area (Å²) in [5.41, 5.74) is 2.10. The van der Waals surface area contributed by atoms with Gasteiger partial charge in [-0.25, -0.2) is 14.6 Å². The smallest absolute Gasteiger partial charge is 0.133 e. The molecule has 26 heavy (non-hydrogen) atoms. The first-order valence-electron chi connectivity index (χ1n) is 9.19. The maximum absolute atomic E-state index is 6.07. The second kappa shape index (κ2) is 6.53. The van der Waals surface area contributed by atoms with Gasteiger partial charge in [-0.15, -0.1) is 0 Å². The molecule has 1 N–H and O–H groups in total. The summed E-state index contributed by atoms with van der Waals surface area (Å²) in [7, 11) is 0. The van der Waals surface area contributed by atoms with E-state index in [1.54, 1.807) is 0 Å². The van der Waals surface area contributed by atoms with Crippen molar-refractivity contribution in [2.45, 2.75) is 37.3 Å². The molecule has 0 spiro atoms. The summed E-state index contributed by atoms with van der Waals surface area (Å²) in [6, 6.07) is 14.3. The Morgan fingerprint density at radius 1 is 1.00 bits per heavy atom. The number of hydrogen-bond acceptors (Lipinski definition) is 5. The van der Waals surface area contributed by atoms with E-state index in [0.29, 0.717) is 5.92 Å². The van der Waals surface area contributed by atoms with Crippen LogP contribution in [0, 0.1) is 0 Å². The van der Waals surface area contributed by atoms with Crippen LogP contribution in [0.4, 0.5) is 5.82 Å². The largest absolute Gasteiger partial charge is 0.370 e. The van der Waals surface area contributed by atoms with Crippen LogP contribution < -0.4 is 5.32 Å². The fourth-order valence-corrected chi connectivity index (χ4v) is 3.53. The van der Waals surface area contributed by atoms with Gasteiger partial charge < -0.3 is 10.1 Å². The summed E-state index contributed by atoms with van der Waals surface area (Å²) in [6.07, 6.45) is 6.97. The van der Waals surface area contributed by atoms with Crippen LogP contribution in [0.15, 0.2) is 54.9 Å². The SMILES string of the molecule is c1ccc(-n2nccc2[C@@H]2OCC[C@H]2Nc2ccnc(C3CC3)n2)cc1. The summed E-state index contributed by atoms with van der Waals surface area (Å²) >= 11 is 0. The summed E-state index contributed by atoms with van der Waals surface area (Å²) < 4.78 is 8.03. The molecule has 2 fully saturated rings. The van der Waals surface area contributed by atoms with E-state index in [9.17, 15) is 0 Å². The van der Waals surface area contributed by atoms with Crippen molar-refractivity contribution in [3.63, 3.8) is 0 Å². The fourth-order valence-electron chi connectivity index (χ4n) is 3.53. The number of anilines is 1. The lowest BCUT2D eigenvalue weighted by Crippen LogP contribution is -2.25. The highest BCUT2D eigenvalue weighted by molar-refractivity contribution is 5.38. The molecule has 6 nitrogen and oxygen atoms in total. The van der Waals surface area contributed by atoms with Gasteiger partial charge in [0.1, 0.15) is 17.7 Å². The molecular formula is C20H21N5O. The van der Waals surface area contributed by atoms with Crippen LogP contribution in [0.5, 0.6) is 0 Å². The molecule has 1 saturated heterocycles. The summed E-state index contributed by atoms with van der Waals surface area (Å²) in [5.74, 6) is 2.39. The van der Waals surface area contributed by atoms with Crippen LogP contribution in [0.2, 0.25) is 0 Å². The normalized spacial score (nSPS) is 22.5. The van der Waals surface area contributed by atoms with E-state index in [2.05, 4.69) is 27.5 Å². The van der Waals surface area contributed by atoms with E-state index < -0.39 is 0 Å². The highest BCUT2D eigenvalue weighted by Gasteiger charge is 2.33. The molecule has 0 unspecified atom stereocenters. The van der Waals surface area contributed by atoms with E-state index in [1.807, 2.05) is 47.4 Å². The van der Waals surface area contributed by atoms with E-state index >= 15 is 0 Å². The highest BCUT2D eigenvalue weighted by atomic mass is 16.5. The van der Waals surface area contributed by atoms with Crippen LogP contribution in [-0.4, -0.2) is 32.4 Å². The molecule has 1 saturated carbocycles. The molecule has 0 amide bonds. The molecular weight excluding hydrogens is 326 g/mol. The minimum Gasteiger partial charge on any atom is -0.370 e. The Labute approximate surface area is 152 Å². The summed E-state index contributed by atoms with van der Waals surface area (Å²) in [6.45, 7) is 0.725. The minimum absolute atomic E-state index is 0.0583.